The van der Waals surface area contributed by atoms with E-state index in [-0.39, 0.29) is 29.8 Å². The summed E-state index contributed by atoms with van der Waals surface area (Å²) in [6, 6.07) is 5.70. The van der Waals surface area contributed by atoms with Gasteiger partial charge >= 0.3 is 0 Å². The molecule has 1 aliphatic carbocycles. The Kier molecular flexibility index (Phi) is 8.00. The van der Waals surface area contributed by atoms with Gasteiger partial charge in [0.2, 0.25) is 0 Å². The Hall–Kier alpha value is -1.71. The lowest BCUT2D eigenvalue weighted by atomic mass is 10.1. The summed E-state index contributed by atoms with van der Waals surface area (Å²) < 4.78 is 15.7. The highest BCUT2D eigenvalue weighted by Crippen LogP contribution is 2.17. The van der Waals surface area contributed by atoms with E-state index in [2.05, 4.69) is 25.8 Å². The molecule has 0 radical (unpaired) electrons. The van der Waals surface area contributed by atoms with Crippen molar-refractivity contribution in [2.24, 2.45) is 12.0 Å². The van der Waals surface area contributed by atoms with E-state index in [4.69, 9.17) is 0 Å². The van der Waals surface area contributed by atoms with Gasteiger partial charge in [-0.25, -0.2) is 9.38 Å². The van der Waals surface area contributed by atoms with Crippen molar-refractivity contribution in [2.75, 3.05) is 0 Å². The summed E-state index contributed by atoms with van der Waals surface area (Å²) >= 11 is 0. The standard InChI is InChI=1S/C19H27FN6.HI/c1-13-8-9-15(10-17(13)20)11-21-19(23-16-6-4-5-7-16)22-12-18-25-24-14(2)26(18)3;/h8-10,16H,4-7,11-12H2,1-3H3,(H2,21,22,23);1H. The SMILES string of the molecule is Cc1ccc(CN=C(NCc2nnc(C)n2C)NC2CCCC2)cc1F.I. The molecule has 1 aliphatic rings. The molecule has 3 rings (SSSR count). The molecule has 0 unspecified atom stereocenters. The van der Waals surface area contributed by atoms with Gasteiger partial charge in [-0.15, -0.1) is 34.2 Å². The minimum atomic E-state index is -0.189. The molecular formula is C19H28FIN6. The Morgan fingerprint density at radius 3 is 2.63 bits per heavy atom. The summed E-state index contributed by atoms with van der Waals surface area (Å²) in [5.41, 5.74) is 1.51. The first kappa shape index (κ1) is 21.6. The summed E-state index contributed by atoms with van der Waals surface area (Å²) in [6.45, 7) is 4.66. The van der Waals surface area contributed by atoms with Gasteiger partial charge in [0.05, 0.1) is 13.1 Å². The minimum Gasteiger partial charge on any atom is -0.354 e. The predicted molar refractivity (Wildman–Crippen MR) is 116 cm³/mol. The topological polar surface area (TPSA) is 67.1 Å². The third kappa shape index (κ3) is 5.88. The number of rotatable bonds is 5. The molecular weight excluding hydrogens is 458 g/mol. The van der Waals surface area contributed by atoms with Gasteiger partial charge in [0, 0.05) is 13.1 Å². The Morgan fingerprint density at radius 2 is 2.00 bits per heavy atom. The highest BCUT2D eigenvalue weighted by Gasteiger charge is 2.16. The molecule has 0 spiro atoms. The molecule has 1 saturated carbocycles. The third-order valence-corrected chi connectivity index (χ3v) is 4.95. The van der Waals surface area contributed by atoms with Crippen molar-refractivity contribution in [3.8, 4) is 0 Å². The van der Waals surface area contributed by atoms with E-state index in [9.17, 15) is 4.39 Å². The third-order valence-electron chi connectivity index (χ3n) is 4.95. The van der Waals surface area contributed by atoms with E-state index in [1.807, 2.05) is 24.6 Å². The fourth-order valence-corrected chi connectivity index (χ4v) is 3.09. The number of aliphatic imine (C=N–C) groups is 1. The van der Waals surface area contributed by atoms with Crippen molar-refractivity contribution in [3.05, 3.63) is 46.8 Å². The van der Waals surface area contributed by atoms with Crippen LogP contribution in [0.5, 0.6) is 0 Å². The largest absolute Gasteiger partial charge is 0.354 e. The molecule has 148 valence electrons. The second kappa shape index (κ2) is 10.0. The van der Waals surface area contributed by atoms with Crippen LogP contribution in [-0.2, 0) is 20.1 Å². The molecule has 0 atom stereocenters. The van der Waals surface area contributed by atoms with Crippen LogP contribution >= 0.6 is 24.0 Å². The molecule has 0 aliphatic heterocycles. The van der Waals surface area contributed by atoms with Crippen molar-refractivity contribution >= 4 is 29.9 Å². The number of nitrogens with one attached hydrogen (secondary N) is 2. The quantitative estimate of drug-likeness (QED) is 0.387. The summed E-state index contributed by atoms with van der Waals surface area (Å²) in [5.74, 6) is 2.27. The van der Waals surface area contributed by atoms with E-state index in [0.29, 0.717) is 24.7 Å². The van der Waals surface area contributed by atoms with Crippen LogP contribution in [0.2, 0.25) is 0 Å². The van der Waals surface area contributed by atoms with Gasteiger partial charge in [-0.1, -0.05) is 25.0 Å². The van der Waals surface area contributed by atoms with Gasteiger partial charge in [-0.3, -0.25) is 0 Å². The lowest BCUT2D eigenvalue weighted by Crippen LogP contribution is -2.42. The summed E-state index contributed by atoms with van der Waals surface area (Å²) in [7, 11) is 1.95. The highest BCUT2D eigenvalue weighted by atomic mass is 127. The molecule has 27 heavy (non-hydrogen) atoms. The first-order valence-electron chi connectivity index (χ1n) is 9.17. The molecule has 0 amide bonds. The van der Waals surface area contributed by atoms with Gasteiger partial charge < -0.3 is 15.2 Å². The number of halogens is 2. The van der Waals surface area contributed by atoms with Gasteiger partial charge in [0.1, 0.15) is 11.6 Å². The molecule has 6 nitrogen and oxygen atoms in total. The zero-order valence-electron chi connectivity index (χ0n) is 16.1. The summed E-state index contributed by atoms with van der Waals surface area (Å²) in [6.07, 6.45) is 4.80. The molecule has 0 bridgehead atoms. The molecule has 8 heteroatoms. The molecule has 2 N–H and O–H groups in total. The number of hydrogen-bond acceptors (Lipinski definition) is 3. The number of aryl methyl sites for hydroxylation is 2. The number of nitrogens with zero attached hydrogens (tertiary/aromatic N) is 4. The molecule has 1 fully saturated rings. The Labute approximate surface area is 177 Å². The lowest BCUT2D eigenvalue weighted by Gasteiger charge is -2.17. The van der Waals surface area contributed by atoms with Crippen molar-refractivity contribution < 1.29 is 4.39 Å². The zero-order chi connectivity index (χ0) is 18.5. The molecule has 1 heterocycles. The van der Waals surface area contributed by atoms with E-state index in [1.165, 1.54) is 12.8 Å². The van der Waals surface area contributed by atoms with Crippen LogP contribution in [0.15, 0.2) is 23.2 Å². The maximum absolute atomic E-state index is 13.7. The Bertz CT molecular complexity index is 783. The van der Waals surface area contributed by atoms with Gasteiger partial charge in [0.25, 0.3) is 0 Å². The van der Waals surface area contributed by atoms with E-state index < -0.39 is 0 Å². The van der Waals surface area contributed by atoms with Gasteiger partial charge in [-0.05, 0) is 43.9 Å². The summed E-state index contributed by atoms with van der Waals surface area (Å²) in [4.78, 5) is 4.65. The van der Waals surface area contributed by atoms with Crippen LogP contribution < -0.4 is 10.6 Å². The average molecular weight is 486 g/mol. The van der Waals surface area contributed by atoms with Crippen LogP contribution in [0.25, 0.3) is 0 Å². The maximum atomic E-state index is 13.7. The van der Waals surface area contributed by atoms with E-state index in [0.717, 1.165) is 36.0 Å². The van der Waals surface area contributed by atoms with Crippen LogP contribution in [0.1, 0.15) is 48.5 Å². The lowest BCUT2D eigenvalue weighted by molar-refractivity contribution is 0.605. The first-order valence-corrected chi connectivity index (χ1v) is 9.17. The normalized spacial score (nSPS) is 14.9. The van der Waals surface area contributed by atoms with Crippen molar-refractivity contribution in [2.45, 2.75) is 58.7 Å². The number of guanidine groups is 1. The molecule has 2 aromatic rings. The fraction of sp³-hybridized carbons (Fsp3) is 0.526. The van der Waals surface area contributed by atoms with E-state index in [1.54, 1.807) is 19.1 Å². The van der Waals surface area contributed by atoms with Crippen LogP contribution in [0, 0.1) is 19.7 Å². The van der Waals surface area contributed by atoms with Crippen molar-refractivity contribution in [3.63, 3.8) is 0 Å². The molecule has 1 aromatic carbocycles. The molecule has 0 saturated heterocycles. The number of aromatic nitrogens is 3. The predicted octanol–water partition coefficient (Wildman–Crippen LogP) is 3.37. The van der Waals surface area contributed by atoms with Crippen LogP contribution in [0.4, 0.5) is 4.39 Å². The molecule has 1 aromatic heterocycles. The second-order valence-electron chi connectivity index (χ2n) is 6.95. The monoisotopic (exact) mass is 486 g/mol. The van der Waals surface area contributed by atoms with Crippen molar-refractivity contribution in [1.29, 1.82) is 0 Å². The zero-order valence-corrected chi connectivity index (χ0v) is 18.5. The van der Waals surface area contributed by atoms with Crippen LogP contribution in [-0.4, -0.2) is 26.8 Å². The highest BCUT2D eigenvalue weighted by molar-refractivity contribution is 14.0. The Morgan fingerprint density at radius 1 is 1.26 bits per heavy atom. The number of hydrogen-bond donors (Lipinski definition) is 2. The van der Waals surface area contributed by atoms with E-state index >= 15 is 0 Å². The first-order chi connectivity index (χ1) is 12.5. The minimum absolute atomic E-state index is 0. The van der Waals surface area contributed by atoms with Crippen molar-refractivity contribution in [1.82, 2.24) is 25.4 Å². The Balaban J connectivity index is 0.00000261. The van der Waals surface area contributed by atoms with Gasteiger partial charge in [-0.2, -0.15) is 0 Å². The smallest absolute Gasteiger partial charge is 0.192 e. The fourth-order valence-electron chi connectivity index (χ4n) is 3.09. The second-order valence-corrected chi connectivity index (χ2v) is 6.95. The number of benzene rings is 1. The van der Waals surface area contributed by atoms with Gasteiger partial charge in [0.15, 0.2) is 11.8 Å². The summed E-state index contributed by atoms with van der Waals surface area (Å²) in [5, 5.41) is 15.1. The average Bonchev–Trinajstić information content (AvgIpc) is 3.24. The maximum Gasteiger partial charge on any atom is 0.192 e. The van der Waals surface area contributed by atoms with Crippen LogP contribution in [0.3, 0.4) is 0 Å².